The summed E-state index contributed by atoms with van der Waals surface area (Å²) in [6.07, 6.45) is 5.75. The van der Waals surface area contributed by atoms with Crippen molar-refractivity contribution in [3.8, 4) is 0 Å². The molecule has 2 aromatic rings. The van der Waals surface area contributed by atoms with Gasteiger partial charge in [-0.3, -0.25) is 0 Å². The Bertz CT molecular complexity index is 725. The first-order valence-corrected chi connectivity index (χ1v) is 8.37. The monoisotopic (exact) mass is 359 g/mol. The van der Waals surface area contributed by atoms with E-state index < -0.39 is 0 Å². The van der Waals surface area contributed by atoms with E-state index in [2.05, 4.69) is 69.8 Å². The third-order valence-electron chi connectivity index (χ3n) is 4.53. The van der Waals surface area contributed by atoms with Crippen molar-refractivity contribution in [2.75, 3.05) is 5.32 Å². The summed E-state index contributed by atoms with van der Waals surface area (Å²) in [5, 5.41) is 4.53. The molecule has 1 N–H and O–H groups in total. The van der Waals surface area contributed by atoms with Crippen LogP contribution >= 0.6 is 27.5 Å². The van der Waals surface area contributed by atoms with Gasteiger partial charge in [0.15, 0.2) is 0 Å². The molecule has 0 spiro atoms. The Morgan fingerprint density at radius 1 is 1.14 bits per heavy atom. The van der Waals surface area contributed by atoms with E-state index in [4.69, 9.17) is 11.6 Å². The highest BCUT2D eigenvalue weighted by molar-refractivity contribution is 9.10. The largest absolute Gasteiger partial charge is 0.378 e. The maximum absolute atomic E-state index is 6.18. The van der Waals surface area contributed by atoms with Gasteiger partial charge in [-0.25, -0.2) is 0 Å². The van der Waals surface area contributed by atoms with E-state index in [1.807, 2.05) is 6.07 Å². The van der Waals surface area contributed by atoms with E-state index in [0.29, 0.717) is 17.9 Å². The Labute approximate surface area is 138 Å². The fourth-order valence-corrected chi connectivity index (χ4v) is 4.19. The second-order valence-electron chi connectivity index (χ2n) is 5.76. The number of hydrogen-bond donors (Lipinski definition) is 1. The molecule has 1 aliphatic heterocycles. The van der Waals surface area contributed by atoms with Crippen LogP contribution in [0, 0.1) is 5.92 Å². The summed E-state index contributed by atoms with van der Waals surface area (Å²) in [5.74, 6) is 1.02. The van der Waals surface area contributed by atoms with Crippen LogP contribution in [0.4, 0.5) is 5.69 Å². The van der Waals surface area contributed by atoms with Gasteiger partial charge in [-0.2, -0.15) is 0 Å². The molecule has 4 rings (SSSR count). The maximum Gasteiger partial charge on any atom is 0.0554 e. The van der Waals surface area contributed by atoms with Crippen LogP contribution in [0.2, 0.25) is 5.02 Å². The molecule has 0 aromatic heterocycles. The lowest BCUT2D eigenvalue weighted by molar-refractivity contribution is 0.425. The molecular weight excluding hydrogens is 346 g/mol. The first kappa shape index (κ1) is 13.4. The normalized spacial score (nSPS) is 26.1. The highest BCUT2D eigenvalue weighted by atomic mass is 79.9. The zero-order valence-electron chi connectivity index (χ0n) is 11.4. The number of allylic oxidation sites excluding steroid dienone is 2. The molecule has 0 bridgehead atoms. The van der Waals surface area contributed by atoms with Crippen molar-refractivity contribution in [1.29, 1.82) is 0 Å². The number of nitrogens with one attached hydrogen (secondary N) is 1. The Morgan fingerprint density at radius 3 is 2.90 bits per heavy atom. The molecule has 1 aliphatic carbocycles. The number of halogens is 2. The van der Waals surface area contributed by atoms with Crippen molar-refractivity contribution in [3.05, 3.63) is 75.2 Å². The van der Waals surface area contributed by atoms with E-state index in [1.165, 1.54) is 16.8 Å². The van der Waals surface area contributed by atoms with Gasteiger partial charge in [0.1, 0.15) is 0 Å². The molecule has 0 radical (unpaired) electrons. The topological polar surface area (TPSA) is 12.0 Å². The minimum Gasteiger partial charge on any atom is -0.378 e. The van der Waals surface area contributed by atoms with Gasteiger partial charge in [0.05, 0.1) is 6.04 Å². The molecule has 21 heavy (non-hydrogen) atoms. The molecule has 2 aliphatic rings. The Balaban J connectivity index is 1.80. The number of benzene rings is 2. The van der Waals surface area contributed by atoms with Crippen LogP contribution in [-0.4, -0.2) is 0 Å². The summed E-state index contributed by atoms with van der Waals surface area (Å²) in [4.78, 5) is 0. The van der Waals surface area contributed by atoms with Gasteiger partial charge >= 0.3 is 0 Å². The van der Waals surface area contributed by atoms with Crippen molar-refractivity contribution in [2.45, 2.75) is 18.4 Å². The summed E-state index contributed by atoms with van der Waals surface area (Å²) < 4.78 is 1.13. The molecule has 0 saturated carbocycles. The van der Waals surface area contributed by atoms with Crippen molar-refractivity contribution in [3.63, 3.8) is 0 Å². The van der Waals surface area contributed by atoms with Gasteiger partial charge in [-0.15, -0.1) is 0 Å². The van der Waals surface area contributed by atoms with Gasteiger partial charge in [0, 0.05) is 21.1 Å². The fraction of sp³-hybridized carbons (Fsp3) is 0.222. The summed E-state index contributed by atoms with van der Waals surface area (Å²) in [5.41, 5.74) is 3.87. The maximum atomic E-state index is 6.18. The first-order valence-electron chi connectivity index (χ1n) is 7.20. The molecule has 106 valence electrons. The van der Waals surface area contributed by atoms with Gasteiger partial charge in [-0.1, -0.05) is 51.8 Å². The Morgan fingerprint density at radius 2 is 2.05 bits per heavy atom. The Kier molecular flexibility index (Phi) is 3.31. The Hall–Kier alpha value is -1.25. The minimum absolute atomic E-state index is 0.344. The van der Waals surface area contributed by atoms with Crippen molar-refractivity contribution in [1.82, 2.24) is 0 Å². The zero-order chi connectivity index (χ0) is 14.4. The first-order chi connectivity index (χ1) is 10.2. The molecule has 3 atom stereocenters. The van der Waals surface area contributed by atoms with E-state index >= 15 is 0 Å². The SMILES string of the molecule is Clc1ccc2c(c1)[C@@H]1C=CC[C@@H]1[C@@H](c1cccc(Br)c1)N2. The van der Waals surface area contributed by atoms with Gasteiger partial charge in [-0.05, 0) is 53.8 Å². The second-order valence-corrected chi connectivity index (χ2v) is 7.11. The second kappa shape index (κ2) is 5.19. The van der Waals surface area contributed by atoms with Crippen molar-refractivity contribution >= 4 is 33.2 Å². The molecule has 3 heteroatoms. The zero-order valence-corrected chi connectivity index (χ0v) is 13.7. The molecule has 1 nitrogen and oxygen atoms in total. The predicted octanol–water partition coefficient (Wildman–Crippen LogP) is 5.93. The van der Waals surface area contributed by atoms with E-state index in [-0.39, 0.29) is 0 Å². The number of fused-ring (bicyclic) bond motifs is 3. The lowest BCUT2D eigenvalue weighted by Crippen LogP contribution is -2.29. The van der Waals surface area contributed by atoms with Crippen LogP contribution in [0.3, 0.4) is 0 Å². The summed E-state index contributed by atoms with van der Waals surface area (Å²) >= 11 is 9.76. The quantitative estimate of drug-likeness (QED) is 0.622. The predicted molar refractivity (Wildman–Crippen MR) is 91.9 cm³/mol. The molecule has 2 aromatic carbocycles. The average molecular weight is 361 g/mol. The lowest BCUT2D eigenvalue weighted by atomic mass is 9.77. The van der Waals surface area contributed by atoms with Crippen LogP contribution in [0.1, 0.15) is 29.5 Å². The number of rotatable bonds is 1. The van der Waals surface area contributed by atoms with Crippen LogP contribution in [0.5, 0.6) is 0 Å². The van der Waals surface area contributed by atoms with E-state index in [1.54, 1.807) is 0 Å². The standard InChI is InChI=1S/C18H15BrClN/c19-12-4-1-3-11(9-12)18-15-6-2-5-14(15)16-10-13(20)7-8-17(16)21-18/h1-5,7-10,14-15,18,21H,6H2/t14-,15+,18-/m1/s1. The third kappa shape index (κ3) is 2.31. The van der Waals surface area contributed by atoms with E-state index in [0.717, 1.165) is 15.9 Å². The van der Waals surface area contributed by atoms with Crippen LogP contribution in [0.25, 0.3) is 0 Å². The highest BCUT2D eigenvalue weighted by Crippen LogP contribution is 2.50. The number of anilines is 1. The molecule has 0 amide bonds. The van der Waals surface area contributed by atoms with Crippen LogP contribution in [-0.2, 0) is 0 Å². The minimum atomic E-state index is 0.344. The molecule has 0 fully saturated rings. The third-order valence-corrected chi connectivity index (χ3v) is 5.26. The summed E-state index contributed by atoms with van der Waals surface area (Å²) in [6.45, 7) is 0. The van der Waals surface area contributed by atoms with Gasteiger partial charge in [0.25, 0.3) is 0 Å². The smallest absolute Gasteiger partial charge is 0.0554 e. The molecular formula is C18H15BrClN. The highest BCUT2D eigenvalue weighted by Gasteiger charge is 2.37. The van der Waals surface area contributed by atoms with Crippen LogP contribution in [0.15, 0.2) is 59.1 Å². The molecule has 1 heterocycles. The van der Waals surface area contributed by atoms with E-state index in [9.17, 15) is 0 Å². The molecule has 0 saturated heterocycles. The molecule has 0 unspecified atom stereocenters. The average Bonchev–Trinajstić information content (AvgIpc) is 2.96. The lowest BCUT2D eigenvalue weighted by Gasteiger charge is -2.37. The van der Waals surface area contributed by atoms with Gasteiger partial charge < -0.3 is 5.32 Å². The number of hydrogen-bond acceptors (Lipinski definition) is 1. The van der Waals surface area contributed by atoms with Crippen LogP contribution < -0.4 is 5.32 Å². The summed E-state index contributed by atoms with van der Waals surface area (Å²) in [6, 6.07) is 15.1. The fourth-order valence-electron chi connectivity index (χ4n) is 3.60. The van der Waals surface area contributed by atoms with Gasteiger partial charge in [0.2, 0.25) is 0 Å². The van der Waals surface area contributed by atoms with Crippen molar-refractivity contribution in [2.24, 2.45) is 5.92 Å². The summed E-state index contributed by atoms with van der Waals surface area (Å²) in [7, 11) is 0. The van der Waals surface area contributed by atoms with Crippen molar-refractivity contribution < 1.29 is 0 Å².